The van der Waals surface area contributed by atoms with E-state index in [0.717, 1.165) is 22.8 Å². The zero-order chi connectivity index (χ0) is 25.1. The average molecular weight is 480 g/mol. The summed E-state index contributed by atoms with van der Waals surface area (Å²) in [6, 6.07) is 3.51. The minimum absolute atomic E-state index is 0.0763. The minimum Gasteiger partial charge on any atom is -0.462 e. The van der Waals surface area contributed by atoms with E-state index in [-0.39, 0.29) is 17.4 Å². The Hall–Kier alpha value is -4.02. The van der Waals surface area contributed by atoms with Gasteiger partial charge < -0.3 is 20.3 Å². The number of nitrogens with zero attached hydrogens (tertiary/aromatic N) is 6. The molecule has 1 aliphatic rings. The van der Waals surface area contributed by atoms with Crippen molar-refractivity contribution in [3.8, 4) is 0 Å². The fourth-order valence-corrected chi connectivity index (χ4v) is 4.33. The number of rotatable bonds is 7. The second-order valence-electron chi connectivity index (χ2n) is 8.41. The molecule has 0 atom stereocenters. The number of primary amides is 1. The lowest BCUT2D eigenvalue weighted by Gasteiger charge is -2.35. The smallest absolute Gasteiger partial charge is 0.339 e. The molecular formula is C24H29N7O4. The highest BCUT2D eigenvalue weighted by atomic mass is 16.5. The molecule has 2 N–H and O–H groups in total. The molecule has 0 bridgehead atoms. The molecule has 1 aliphatic heterocycles. The van der Waals surface area contributed by atoms with E-state index in [1.807, 2.05) is 18.7 Å². The van der Waals surface area contributed by atoms with Crippen LogP contribution in [0.2, 0.25) is 0 Å². The number of carbonyl (C=O) groups is 3. The third-order valence-corrected chi connectivity index (χ3v) is 6.28. The van der Waals surface area contributed by atoms with Crippen LogP contribution in [0.25, 0.3) is 5.65 Å². The highest BCUT2D eigenvalue weighted by molar-refractivity contribution is 5.98. The van der Waals surface area contributed by atoms with Gasteiger partial charge in [-0.1, -0.05) is 0 Å². The van der Waals surface area contributed by atoms with Gasteiger partial charge in [0.2, 0.25) is 5.91 Å². The highest BCUT2D eigenvalue weighted by Crippen LogP contribution is 2.20. The van der Waals surface area contributed by atoms with Gasteiger partial charge in [0, 0.05) is 50.2 Å². The first-order valence-electron chi connectivity index (χ1n) is 11.6. The maximum Gasteiger partial charge on any atom is 0.339 e. The van der Waals surface area contributed by atoms with Crippen LogP contribution in [0.1, 0.15) is 51.0 Å². The average Bonchev–Trinajstić information content (AvgIpc) is 3.28. The van der Waals surface area contributed by atoms with Crippen molar-refractivity contribution in [2.75, 3.05) is 37.7 Å². The Kier molecular flexibility index (Phi) is 6.94. The molecule has 0 radical (unpaired) electrons. The maximum atomic E-state index is 12.9. The van der Waals surface area contributed by atoms with Gasteiger partial charge in [0.05, 0.1) is 18.4 Å². The van der Waals surface area contributed by atoms with E-state index in [4.69, 9.17) is 10.5 Å². The number of piperazine rings is 1. The SMILES string of the molecule is CCOC(=O)c1ccc(N2CCN(C(=O)CCc3c(C)nc4c(C(N)=O)cnn4c3C)CC2)nc1. The van der Waals surface area contributed by atoms with Crippen molar-refractivity contribution in [3.63, 3.8) is 0 Å². The number of hydrogen-bond donors (Lipinski definition) is 1. The molecule has 1 saturated heterocycles. The molecule has 4 heterocycles. The molecule has 0 spiro atoms. The van der Waals surface area contributed by atoms with Gasteiger partial charge in [-0.25, -0.2) is 19.3 Å². The summed E-state index contributed by atoms with van der Waals surface area (Å²) in [6.07, 6.45) is 3.82. The summed E-state index contributed by atoms with van der Waals surface area (Å²) in [4.78, 5) is 49.2. The first-order chi connectivity index (χ1) is 16.8. The summed E-state index contributed by atoms with van der Waals surface area (Å²) in [6.45, 7) is 8.35. The van der Waals surface area contributed by atoms with Gasteiger partial charge in [0.25, 0.3) is 5.91 Å². The summed E-state index contributed by atoms with van der Waals surface area (Å²) in [5.41, 5.74) is 9.08. The van der Waals surface area contributed by atoms with Crippen LogP contribution in [-0.2, 0) is 16.0 Å². The lowest BCUT2D eigenvalue weighted by molar-refractivity contribution is -0.131. The lowest BCUT2D eigenvalue weighted by Crippen LogP contribution is -2.49. The molecule has 0 aliphatic carbocycles. The van der Waals surface area contributed by atoms with Crippen molar-refractivity contribution < 1.29 is 19.1 Å². The van der Waals surface area contributed by atoms with Crippen molar-refractivity contribution in [1.29, 1.82) is 0 Å². The molecular weight excluding hydrogens is 450 g/mol. The van der Waals surface area contributed by atoms with E-state index in [2.05, 4.69) is 20.0 Å². The van der Waals surface area contributed by atoms with Gasteiger partial charge in [0.15, 0.2) is 5.65 Å². The van der Waals surface area contributed by atoms with Crippen molar-refractivity contribution in [2.24, 2.45) is 5.73 Å². The van der Waals surface area contributed by atoms with Crippen LogP contribution in [0.4, 0.5) is 5.82 Å². The summed E-state index contributed by atoms with van der Waals surface area (Å²) in [5, 5.41) is 4.24. The predicted octanol–water partition coefficient (Wildman–Crippen LogP) is 1.30. The quantitative estimate of drug-likeness (QED) is 0.501. The van der Waals surface area contributed by atoms with Crippen molar-refractivity contribution >= 4 is 29.2 Å². The minimum atomic E-state index is -0.571. The van der Waals surface area contributed by atoms with E-state index in [1.165, 1.54) is 12.4 Å². The Labute approximate surface area is 202 Å². The number of aromatic nitrogens is 4. The highest BCUT2D eigenvalue weighted by Gasteiger charge is 2.23. The van der Waals surface area contributed by atoms with Gasteiger partial charge in [0.1, 0.15) is 11.4 Å². The third kappa shape index (κ3) is 4.93. The molecule has 35 heavy (non-hydrogen) atoms. The van der Waals surface area contributed by atoms with Crippen LogP contribution < -0.4 is 10.6 Å². The molecule has 184 valence electrons. The number of nitrogens with two attached hydrogens (primary N) is 1. The summed E-state index contributed by atoms with van der Waals surface area (Å²) >= 11 is 0. The zero-order valence-electron chi connectivity index (χ0n) is 20.2. The first kappa shape index (κ1) is 24.1. The molecule has 1 fully saturated rings. The van der Waals surface area contributed by atoms with Crippen LogP contribution in [0, 0.1) is 13.8 Å². The lowest BCUT2D eigenvalue weighted by atomic mass is 10.1. The van der Waals surface area contributed by atoms with Crippen LogP contribution in [-0.4, -0.2) is 75.1 Å². The largest absolute Gasteiger partial charge is 0.462 e. The second kappa shape index (κ2) is 10.1. The molecule has 11 nitrogen and oxygen atoms in total. The molecule has 3 aromatic rings. The van der Waals surface area contributed by atoms with E-state index in [0.29, 0.717) is 56.8 Å². The van der Waals surface area contributed by atoms with Crippen molar-refractivity contribution in [3.05, 3.63) is 52.6 Å². The monoisotopic (exact) mass is 479 g/mol. The summed E-state index contributed by atoms with van der Waals surface area (Å²) in [5.74, 6) is -0.112. The zero-order valence-corrected chi connectivity index (χ0v) is 20.2. The van der Waals surface area contributed by atoms with Crippen molar-refractivity contribution in [1.82, 2.24) is 24.5 Å². The first-order valence-corrected chi connectivity index (χ1v) is 11.6. The Balaban J connectivity index is 1.35. The Morgan fingerprint density at radius 3 is 2.46 bits per heavy atom. The van der Waals surface area contributed by atoms with Gasteiger partial charge in [-0.2, -0.15) is 5.10 Å². The van der Waals surface area contributed by atoms with E-state index in [9.17, 15) is 14.4 Å². The fourth-order valence-electron chi connectivity index (χ4n) is 4.33. The fraction of sp³-hybridized carbons (Fsp3) is 0.417. The standard InChI is InChI=1S/C24H29N7O4/c1-4-35-24(34)17-5-7-20(26-13-17)29-9-11-30(12-10-29)21(32)8-6-18-15(2)28-23-19(22(25)33)14-27-31(23)16(18)3/h5,7,13-14H,4,6,8-12H2,1-3H3,(H2,25,33). The summed E-state index contributed by atoms with van der Waals surface area (Å²) < 4.78 is 6.59. The number of hydrogen-bond acceptors (Lipinski definition) is 8. The Bertz CT molecular complexity index is 1260. The molecule has 3 aromatic heterocycles. The number of fused-ring (bicyclic) bond motifs is 1. The number of aryl methyl sites for hydroxylation is 2. The molecule has 11 heteroatoms. The van der Waals surface area contributed by atoms with E-state index in [1.54, 1.807) is 23.6 Å². The molecule has 0 unspecified atom stereocenters. The Morgan fingerprint density at radius 1 is 1.09 bits per heavy atom. The number of amides is 2. The topological polar surface area (TPSA) is 136 Å². The maximum absolute atomic E-state index is 12.9. The van der Waals surface area contributed by atoms with Crippen molar-refractivity contribution in [2.45, 2.75) is 33.6 Å². The number of ether oxygens (including phenoxy) is 1. The van der Waals surface area contributed by atoms with Gasteiger partial charge in [-0.05, 0) is 44.9 Å². The third-order valence-electron chi connectivity index (χ3n) is 6.28. The predicted molar refractivity (Wildman–Crippen MR) is 128 cm³/mol. The van der Waals surface area contributed by atoms with Crippen LogP contribution in [0.5, 0.6) is 0 Å². The number of carbonyl (C=O) groups excluding carboxylic acids is 3. The van der Waals surface area contributed by atoms with Crippen LogP contribution in [0.3, 0.4) is 0 Å². The van der Waals surface area contributed by atoms with Crippen LogP contribution in [0.15, 0.2) is 24.5 Å². The normalized spacial score (nSPS) is 13.8. The molecule has 2 amide bonds. The summed E-state index contributed by atoms with van der Waals surface area (Å²) in [7, 11) is 0. The Morgan fingerprint density at radius 2 is 1.83 bits per heavy atom. The second-order valence-corrected chi connectivity index (χ2v) is 8.41. The van der Waals surface area contributed by atoms with Crippen LogP contribution >= 0.6 is 0 Å². The number of anilines is 1. The van der Waals surface area contributed by atoms with Gasteiger partial charge in [-0.15, -0.1) is 0 Å². The number of esters is 1. The van der Waals surface area contributed by atoms with Gasteiger partial charge >= 0.3 is 5.97 Å². The number of pyridine rings is 1. The molecule has 0 aromatic carbocycles. The van der Waals surface area contributed by atoms with E-state index >= 15 is 0 Å². The molecule has 4 rings (SSSR count). The van der Waals surface area contributed by atoms with E-state index < -0.39 is 5.91 Å². The van der Waals surface area contributed by atoms with Gasteiger partial charge in [-0.3, -0.25) is 9.59 Å². The molecule has 0 saturated carbocycles.